The van der Waals surface area contributed by atoms with Gasteiger partial charge in [0.05, 0.1) is 6.10 Å². The van der Waals surface area contributed by atoms with E-state index in [9.17, 15) is 9.50 Å². The zero-order valence-corrected chi connectivity index (χ0v) is 7.94. The smallest absolute Gasteiger partial charge is 0.124 e. The van der Waals surface area contributed by atoms with E-state index in [0.29, 0.717) is 0 Å². The normalized spacial score (nSPS) is 13.5. The molecule has 0 radical (unpaired) electrons. The Labute approximate surface area is 79.4 Å². The molecule has 0 aliphatic rings. The Morgan fingerprint density at radius 2 is 2.15 bits per heavy atom. The van der Waals surface area contributed by atoms with Crippen molar-refractivity contribution in [3.05, 3.63) is 35.0 Å². The van der Waals surface area contributed by atoms with Gasteiger partial charge < -0.3 is 5.11 Å². The lowest BCUT2D eigenvalue weighted by atomic mass is 10.2. The molecular weight excluding hydrogens is 187 g/mol. The lowest BCUT2D eigenvalue weighted by Gasteiger charge is -1.95. The van der Waals surface area contributed by atoms with Crippen molar-refractivity contribution < 1.29 is 9.50 Å². The summed E-state index contributed by atoms with van der Waals surface area (Å²) in [6.45, 7) is 1.71. The molecule has 3 heteroatoms. The van der Waals surface area contributed by atoms with Gasteiger partial charge in [0.1, 0.15) is 5.82 Å². The molecule has 0 bridgehead atoms. The van der Waals surface area contributed by atoms with Crippen LogP contribution in [0, 0.1) is 5.82 Å². The van der Waals surface area contributed by atoms with Crippen LogP contribution in [0.1, 0.15) is 17.9 Å². The van der Waals surface area contributed by atoms with Crippen LogP contribution in [-0.2, 0) is 0 Å². The van der Waals surface area contributed by atoms with Crippen LogP contribution in [0.15, 0.2) is 24.3 Å². The van der Waals surface area contributed by atoms with E-state index >= 15 is 0 Å². The highest BCUT2D eigenvalue weighted by molar-refractivity contribution is 7.19. The predicted molar refractivity (Wildman–Crippen MR) is 52.4 cm³/mol. The molecule has 1 aromatic heterocycles. The SMILES string of the molecule is CC(O)c1cc2ccc(F)cc2s1. The van der Waals surface area contributed by atoms with Crippen molar-refractivity contribution in [3.63, 3.8) is 0 Å². The zero-order chi connectivity index (χ0) is 9.42. The van der Waals surface area contributed by atoms with E-state index in [2.05, 4.69) is 0 Å². The average Bonchev–Trinajstić information content (AvgIpc) is 2.46. The van der Waals surface area contributed by atoms with E-state index < -0.39 is 6.10 Å². The highest BCUT2D eigenvalue weighted by Gasteiger charge is 2.06. The molecule has 0 spiro atoms. The van der Waals surface area contributed by atoms with Gasteiger partial charge in [-0.1, -0.05) is 6.07 Å². The Morgan fingerprint density at radius 3 is 2.85 bits per heavy atom. The number of fused-ring (bicyclic) bond motifs is 1. The topological polar surface area (TPSA) is 20.2 Å². The summed E-state index contributed by atoms with van der Waals surface area (Å²) in [7, 11) is 0. The predicted octanol–water partition coefficient (Wildman–Crippen LogP) is 3.09. The minimum absolute atomic E-state index is 0.230. The van der Waals surface area contributed by atoms with Crippen molar-refractivity contribution in [2.45, 2.75) is 13.0 Å². The molecule has 0 saturated heterocycles. The first-order valence-electron chi connectivity index (χ1n) is 4.04. The Hall–Kier alpha value is -0.930. The van der Waals surface area contributed by atoms with Gasteiger partial charge in [0, 0.05) is 9.58 Å². The number of hydrogen-bond donors (Lipinski definition) is 1. The van der Waals surface area contributed by atoms with Gasteiger partial charge in [-0.25, -0.2) is 4.39 Å². The fourth-order valence-electron chi connectivity index (χ4n) is 1.23. The van der Waals surface area contributed by atoms with E-state index in [-0.39, 0.29) is 5.82 Å². The second-order valence-electron chi connectivity index (χ2n) is 3.01. The summed E-state index contributed by atoms with van der Waals surface area (Å²) in [6.07, 6.45) is -0.472. The minimum atomic E-state index is -0.472. The first-order chi connectivity index (χ1) is 6.16. The summed E-state index contributed by atoms with van der Waals surface area (Å²) in [5, 5.41) is 10.3. The minimum Gasteiger partial charge on any atom is -0.388 e. The number of halogens is 1. The largest absolute Gasteiger partial charge is 0.388 e. The molecule has 0 saturated carbocycles. The monoisotopic (exact) mass is 196 g/mol. The van der Waals surface area contributed by atoms with Crippen molar-refractivity contribution in [3.8, 4) is 0 Å². The number of aliphatic hydroxyl groups excluding tert-OH is 1. The van der Waals surface area contributed by atoms with Gasteiger partial charge in [0.2, 0.25) is 0 Å². The van der Waals surface area contributed by atoms with Crippen LogP contribution in [-0.4, -0.2) is 5.11 Å². The van der Waals surface area contributed by atoms with Crippen molar-refractivity contribution in [1.29, 1.82) is 0 Å². The van der Waals surface area contributed by atoms with Crippen molar-refractivity contribution >= 4 is 21.4 Å². The third kappa shape index (κ3) is 1.57. The molecule has 0 fully saturated rings. The maximum atomic E-state index is 12.8. The Bertz CT molecular complexity index is 433. The number of benzene rings is 1. The van der Waals surface area contributed by atoms with E-state index in [1.54, 1.807) is 13.0 Å². The summed E-state index contributed by atoms with van der Waals surface area (Å²) in [5.41, 5.74) is 0. The molecular formula is C10H9FOS. The lowest BCUT2D eigenvalue weighted by Crippen LogP contribution is -1.83. The van der Waals surface area contributed by atoms with E-state index in [0.717, 1.165) is 15.0 Å². The molecule has 1 heterocycles. The maximum absolute atomic E-state index is 12.8. The zero-order valence-electron chi connectivity index (χ0n) is 7.12. The van der Waals surface area contributed by atoms with Gasteiger partial charge in [-0.2, -0.15) is 0 Å². The summed E-state index contributed by atoms with van der Waals surface area (Å²) in [6, 6.07) is 6.55. The van der Waals surface area contributed by atoms with E-state index in [1.165, 1.54) is 23.5 Å². The third-order valence-electron chi connectivity index (χ3n) is 1.91. The molecule has 0 aliphatic carbocycles. The van der Waals surface area contributed by atoms with E-state index in [4.69, 9.17) is 0 Å². The maximum Gasteiger partial charge on any atom is 0.124 e. The highest BCUT2D eigenvalue weighted by atomic mass is 32.1. The Morgan fingerprint density at radius 1 is 1.38 bits per heavy atom. The van der Waals surface area contributed by atoms with Crippen LogP contribution in [0.3, 0.4) is 0 Å². The number of rotatable bonds is 1. The first kappa shape index (κ1) is 8.66. The molecule has 0 aliphatic heterocycles. The molecule has 13 heavy (non-hydrogen) atoms. The van der Waals surface area contributed by atoms with Crippen LogP contribution in [0.4, 0.5) is 4.39 Å². The first-order valence-corrected chi connectivity index (χ1v) is 4.85. The van der Waals surface area contributed by atoms with Crippen LogP contribution in [0.5, 0.6) is 0 Å². The molecule has 1 aromatic carbocycles. The molecule has 0 amide bonds. The molecule has 2 aromatic rings. The molecule has 1 atom stereocenters. The van der Waals surface area contributed by atoms with Crippen molar-refractivity contribution in [2.75, 3.05) is 0 Å². The van der Waals surface area contributed by atoms with Gasteiger partial charge >= 0.3 is 0 Å². The summed E-state index contributed by atoms with van der Waals surface area (Å²) < 4.78 is 13.7. The fraction of sp³-hybridized carbons (Fsp3) is 0.200. The van der Waals surface area contributed by atoms with Gasteiger partial charge in [0.25, 0.3) is 0 Å². The summed E-state index contributed by atoms with van der Waals surface area (Å²) in [4.78, 5) is 0.876. The molecule has 68 valence electrons. The van der Waals surface area contributed by atoms with Crippen LogP contribution < -0.4 is 0 Å². The fourth-order valence-corrected chi connectivity index (χ4v) is 2.26. The second kappa shape index (κ2) is 3.09. The second-order valence-corrected chi connectivity index (χ2v) is 4.12. The van der Waals surface area contributed by atoms with Gasteiger partial charge in [0.15, 0.2) is 0 Å². The van der Waals surface area contributed by atoms with Crippen molar-refractivity contribution in [1.82, 2.24) is 0 Å². The standard InChI is InChI=1S/C10H9FOS/c1-6(12)9-4-7-2-3-8(11)5-10(7)13-9/h2-6,12H,1H3. The molecule has 1 N–H and O–H groups in total. The Balaban J connectivity index is 2.62. The van der Waals surface area contributed by atoms with Crippen LogP contribution in [0.25, 0.3) is 10.1 Å². The van der Waals surface area contributed by atoms with Crippen LogP contribution in [0.2, 0.25) is 0 Å². The van der Waals surface area contributed by atoms with Gasteiger partial charge in [-0.15, -0.1) is 11.3 Å². The third-order valence-corrected chi connectivity index (χ3v) is 3.18. The quantitative estimate of drug-likeness (QED) is 0.743. The number of hydrogen-bond acceptors (Lipinski definition) is 2. The lowest BCUT2D eigenvalue weighted by molar-refractivity contribution is 0.203. The Kier molecular flexibility index (Phi) is 2.06. The highest BCUT2D eigenvalue weighted by Crippen LogP contribution is 2.29. The number of thiophene rings is 1. The van der Waals surface area contributed by atoms with Gasteiger partial charge in [-0.05, 0) is 30.5 Å². The molecule has 1 unspecified atom stereocenters. The van der Waals surface area contributed by atoms with Gasteiger partial charge in [-0.3, -0.25) is 0 Å². The van der Waals surface area contributed by atoms with Crippen LogP contribution >= 0.6 is 11.3 Å². The summed E-state index contributed by atoms with van der Waals surface area (Å²) >= 11 is 1.43. The van der Waals surface area contributed by atoms with E-state index in [1.807, 2.05) is 6.07 Å². The molecule has 1 nitrogen and oxygen atoms in total. The summed E-state index contributed by atoms with van der Waals surface area (Å²) in [5.74, 6) is -0.230. The number of aliphatic hydroxyl groups is 1. The average molecular weight is 196 g/mol. The molecule has 2 rings (SSSR count). The van der Waals surface area contributed by atoms with Crippen molar-refractivity contribution in [2.24, 2.45) is 0 Å².